The number of hydrogen-bond acceptors (Lipinski definition) is 21. The fourth-order valence-corrected chi connectivity index (χ4v) is 11.8. The van der Waals surface area contributed by atoms with Crippen molar-refractivity contribution in [3.05, 3.63) is 183 Å². The molecule has 3 atom stereocenters. The van der Waals surface area contributed by atoms with Crippen LogP contribution in [0.1, 0.15) is 90.6 Å². The maximum atomic E-state index is 13.2. The molecule has 1 aliphatic heterocycles. The van der Waals surface area contributed by atoms with Crippen LogP contribution in [-0.2, 0) is 18.5 Å². The predicted octanol–water partition coefficient (Wildman–Crippen LogP) is 16.4. The molecule has 1 fully saturated rings. The van der Waals surface area contributed by atoms with Gasteiger partial charge >= 0.3 is 18.5 Å². The number of nitrogen functional groups attached to an aromatic ring is 1. The SMILES string of the molecule is COc1cc(N)c2nccc(C)c2c1O.COc1cc(NC(C)CCCN)c2ncccc2c1.COc1cc(NCCCN)c2nccc(C)c2c1Oc1cccc(C(F)(F)F)c1.COc1cc([N+](=O)[O-])c2nccc(C)c2c1O.OC(c1cc(C(F)(F)F)nc2c(C(F)(F)F)cccc12)C1CCCCN1.[Ar].[Ar]. The fraction of sp³-hybridized carbons (Fsp3) is 0.320. The molecule has 22 nitrogen and oxygen atoms in total. The van der Waals surface area contributed by atoms with Gasteiger partial charge in [-0.2, -0.15) is 39.5 Å². The van der Waals surface area contributed by atoms with E-state index in [9.17, 15) is 64.9 Å². The second-order valence-electron chi connectivity index (χ2n) is 24.4. The zero-order valence-electron chi connectivity index (χ0n) is 59.7. The number of alkyl halides is 9. The third kappa shape index (κ3) is 21.9. The summed E-state index contributed by atoms with van der Waals surface area (Å²) in [7, 11) is 6.00. The molecule has 0 bridgehead atoms. The van der Waals surface area contributed by atoms with Crippen molar-refractivity contribution in [3.63, 3.8) is 0 Å². The van der Waals surface area contributed by atoms with E-state index in [0.29, 0.717) is 99.9 Å². The van der Waals surface area contributed by atoms with Gasteiger partial charge in [-0.05, 0) is 162 Å². The molecule has 580 valence electrons. The zero-order chi connectivity index (χ0) is 77.4. The Morgan fingerprint density at radius 2 is 1.23 bits per heavy atom. The Morgan fingerprint density at radius 3 is 1.81 bits per heavy atom. The maximum Gasteiger partial charge on any atom is 0.433 e. The van der Waals surface area contributed by atoms with Crippen LogP contribution in [-0.4, -0.2) is 112 Å². The van der Waals surface area contributed by atoms with Crippen LogP contribution in [0.2, 0.25) is 0 Å². The second-order valence-corrected chi connectivity index (χ2v) is 24.4. The van der Waals surface area contributed by atoms with Crippen molar-refractivity contribution in [1.29, 1.82) is 0 Å². The summed E-state index contributed by atoms with van der Waals surface area (Å²) in [5, 5.41) is 53.8. The Kier molecular flexibility index (Phi) is 32.5. The smallest absolute Gasteiger partial charge is 0.433 e. The van der Waals surface area contributed by atoms with Crippen LogP contribution >= 0.6 is 0 Å². The number of aromatic nitrogens is 5. The molecule has 3 unspecified atom stereocenters. The number of pyridine rings is 5. The number of para-hydroxylation sites is 1. The molecule has 6 aromatic carbocycles. The van der Waals surface area contributed by atoms with Crippen LogP contribution in [0.25, 0.3) is 54.5 Å². The number of benzene rings is 6. The number of nitro groups is 1. The number of aromatic hydroxyl groups is 2. The number of methoxy groups -OCH3 is 4. The van der Waals surface area contributed by atoms with E-state index in [4.69, 9.17) is 40.9 Å². The summed E-state index contributed by atoms with van der Waals surface area (Å²) >= 11 is 0. The van der Waals surface area contributed by atoms with Crippen LogP contribution in [0.5, 0.6) is 46.0 Å². The number of aliphatic hydroxyl groups excluding tert-OH is 1. The molecule has 0 spiro atoms. The van der Waals surface area contributed by atoms with Crippen molar-refractivity contribution in [2.75, 3.05) is 71.0 Å². The van der Waals surface area contributed by atoms with E-state index in [-0.39, 0.29) is 121 Å². The Morgan fingerprint density at radius 1 is 0.630 bits per heavy atom. The van der Waals surface area contributed by atoms with Gasteiger partial charge in [-0.1, -0.05) is 30.7 Å². The minimum absolute atomic E-state index is 0. The Hall–Kier alpha value is -8.50. The normalized spacial score (nSPS) is 13.3. The van der Waals surface area contributed by atoms with E-state index in [2.05, 4.69) is 47.8 Å². The third-order valence-electron chi connectivity index (χ3n) is 17.1. The second kappa shape index (κ2) is 39.7. The number of piperidine rings is 1. The number of hydrogen-bond donors (Lipinski definition) is 9. The van der Waals surface area contributed by atoms with E-state index in [1.165, 1.54) is 51.8 Å². The topological polar surface area (TPSA) is 329 Å². The molecule has 11 aromatic rings. The molecule has 1 saturated heterocycles. The number of ether oxygens (including phenoxy) is 5. The van der Waals surface area contributed by atoms with Gasteiger partial charge in [-0.15, -0.1) is 0 Å². The summed E-state index contributed by atoms with van der Waals surface area (Å²) in [6.07, 6.45) is -4.00. The molecule has 0 aliphatic carbocycles. The van der Waals surface area contributed by atoms with Gasteiger partial charge in [0, 0.05) is 148 Å². The molecule has 0 saturated carbocycles. The van der Waals surface area contributed by atoms with E-state index in [1.807, 2.05) is 56.4 Å². The first-order valence-corrected chi connectivity index (χ1v) is 33.2. The number of halogens is 9. The van der Waals surface area contributed by atoms with Gasteiger partial charge in [-0.25, -0.2) is 9.97 Å². The number of anilines is 3. The molecule has 5 aromatic heterocycles. The average Bonchev–Trinajstić information content (AvgIpc) is 0.798. The number of nitrogens with two attached hydrogens (primary N) is 3. The maximum absolute atomic E-state index is 13.2. The predicted molar refractivity (Wildman–Crippen MR) is 389 cm³/mol. The molecule has 108 heavy (non-hydrogen) atoms. The first kappa shape index (κ1) is 88.4. The van der Waals surface area contributed by atoms with Gasteiger partial charge in [0.2, 0.25) is 0 Å². The number of aliphatic hydroxyl groups is 1. The average molecular weight is 1560 g/mol. The quantitative estimate of drug-likeness (QED) is 0.00962. The van der Waals surface area contributed by atoms with E-state index < -0.39 is 57.9 Å². The van der Waals surface area contributed by atoms with Gasteiger partial charge in [0.15, 0.2) is 40.0 Å². The molecule has 6 heterocycles. The monoisotopic (exact) mass is 1560 g/mol. The number of non-ortho nitro benzene ring substituents is 1. The molecule has 12 rings (SSSR count). The van der Waals surface area contributed by atoms with E-state index in [1.54, 1.807) is 44.6 Å². The number of nitrogens with zero attached hydrogens (tertiary/aromatic N) is 6. The van der Waals surface area contributed by atoms with Crippen LogP contribution in [0, 0.1) is 106 Å². The number of phenols is 2. The van der Waals surface area contributed by atoms with Crippen molar-refractivity contribution in [3.8, 4) is 46.0 Å². The Labute approximate surface area is 675 Å². The van der Waals surface area contributed by atoms with E-state index in [0.717, 1.165) is 96.0 Å². The van der Waals surface area contributed by atoms with Gasteiger partial charge in [0.05, 0.1) is 112 Å². The third-order valence-corrected chi connectivity index (χ3v) is 17.1. The van der Waals surface area contributed by atoms with Gasteiger partial charge in [-0.3, -0.25) is 25.1 Å². The van der Waals surface area contributed by atoms with Crippen molar-refractivity contribution in [2.45, 2.75) is 103 Å². The summed E-state index contributed by atoms with van der Waals surface area (Å²) in [6.45, 7) is 10.2. The van der Waals surface area contributed by atoms with Gasteiger partial charge in [0.25, 0.3) is 5.69 Å². The molecular formula is C75H81Ar2F9N12O10. The summed E-state index contributed by atoms with van der Waals surface area (Å²) in [5.74, 6) is 2.01. The fourth-order valence-electron chi connectivity index (χ4n) is 11.8. The standard InChI is InChI=1S/C21H22F3N3O2.C17H16F6N2O.C15H21N3O.C11H10N2O4.C11H12N2O2.2Ar/c1-13-7-10-27-19-16(26-9-4-8-25)12-17(28-2)20(18(13)19)29-15-6-3-5-14(11-15)21(22,23)24;18-16(19,20)11-5-3-4-9-10(15(26)12-6-1-2-7-24-12)8-13(17(21,22)23)25-14(9)11;1-11(5-3-7-16)18-14-10-13(19-2)9-12-6-4-8-17-15(12)14;1-6-3-4-12-10-7(13(15)16)5-8(17-2)11(14)9(6)10;1-6-3-4-13-10-7(12)5-8(15-2)11(14)9(6)10;;/h3,5-7,10-12,26H,4,8-9,25H2,1-2H3;3-5,8,12,15,24,26H,1-2,6-7H2;4,6,8-11,18H,3,5,7,16H2,1-2H3;3-5,14H,1-2H3;3-5,14H,12H2,1-2H3;;. The number of aryl methyl sites for hydroxylation is 3. The summed E-state index contributed by atoms with van der Waals surface area (Å²) in [6, 6.07) is 26.0. The molecule has 12 N–H and O–H groups in total. The number of nitrogens with one attached hydrogen (secondary N) is 3. The van der Waals surface area contributed by atoms with Crippen molar-refractivity contribution >= 4 is 77.3 Å². The molecule has 33 heteroatoms. The van der Waals surface area contributed by atoms with Crippen LogP contribution in [0.4, 0.5) is 62.3 Å². The van der Waals surface area contributed by atoms with Crippen molar-refractivity contribution in [2.24, 2.45) is 11.5 Å². The summed E-state index contributed by atoms with van der Waals surface area (Å²) in [5.41, 5.74) is 19.4. The summed E-state index contributed by atoms with van der Waals surface area (Å²) < 4.78 is 145. The number of nitro benzene ring substituents is 1. The van der Waals surface area contributed by atoms with Crippen molar-refractivity contribution in [1.82, 2.24) is 30.2 Å². The minimum Gasteiger partial charge on any atom is -0.504 e. The van der Waals surface area contributed by atoms with E-state index >= 15 is 0 Å². The zero-order valence-corrected chi connectivity index (χ0v) is 61.1. The van der Waals surface area contributed by atoms with Gasteiger partial charge in [0.1, 0.15) is 17.2 Å². The Balaban J connectivity index is 0.000000214. The summed E-state index contributed by atoms with van der Waals surface area (Å²) in [4.78, 5) is 30.6. The number of phenolic OH excluding ortho intramolecular Hbond substituents is 2. The number of rotatable bonds is 18. The molecular weight excluding hydrogens is 1480 g/mol. The van der Waals surface area contributed by atoms with Crippen LogP contribution < -0.4 is 56.8 Å². The Bertz CT molecular complexity index is 4890. The molecule has 1 aliphatic rings. The van der Waals surface area contributed by atoms with Gasteiger partial charge < -0.3 is 72.2 Å². The largest absolute Gasteiger partial charge is 0.504 e. The number of fused-ring (bicyclic) bond motifs is 5. The van der Waals surface area contributed by atoms with Crippen LogP contribution in [0.15, 0.2) is 134 Å². The molecule has 0 radical (unpaired) electrons. The first-order valence-electron chi connectivity index (χ1n) is 33.2. The minimum atomic E-state index is -4.93. The molecule has 0 amide bonds. The van der Waals surface area contributed by atoms with Crippen LogP contribution in [0.3, 0.4) is 0 Å². The first-order chi connectivity index (χ1) is 50.4. The van der Waals surface area contributed by atoms with Crippen molar-refractivity contribution < 1.29 is 159 Å².